The highest BCUT2D eigenvalue weighted by atomic mass is 127. The SMILES string of the molecule is CC[Si](CC)(CC)OC[C@H]1O[C@@H](O[C@H](/C=C/C[C@H](OC)/C(C)=C/C(C)C/C=C/I)CC(=O)O)[C@H](O[Si](CC)(CC)CC)[C@@H](OC)[C@@H]1O[Si](CC)(CC)CC. The number of hydrogen-bond acceptors (Lipinski definition) is 8. The molecule has 1 fully saturated rings. The quantitative estimate of drug-likeness (QED) is 0.0446. The number of aliphatic carboxylic acids is 1. The van der Waals surface area contributed by atoms with Gasteiger partial charge in [-0.05, 0) is 89.7 Å². The molecule has 316 valence electrons. The minimum atomic E-state index is -2.24. The van der Waals surface area contributed by atoms with Crippen LogP contribution in [0.5, 0.6) is 0 Å². The van der Waals surface area contributed by atoms with E-state index in [4.69, 9.17) is 32.2 Å². The summed E-state index contributed by atoms with van der Waals surface area (Å²) in [4.78, 5) is 12.3. The van der Waals surface area contributed by atoms with Crippen molar-refractivity contribution in [2.24, 2.45) is 5.92 Å². The monoisotopic (exact) mass is 926 g/mol. The van der Waals surface area contributed by atoms with Crippen molar-refractivity contribution in [2.75, 3.05) is 20.8 Å². The van der Waals surface area contributed by atoms with Crippen LogP contribution < -0.4 is 0 Å². The van der Waals surface area contributed by atoms with Crippen LogP contribution in [-0.2, 0) is 37.0 Å². The first-order chi connectivity index (χ1) is 25.7. The number of rotatable bonds is 29. The van der Waals surface area contributed by atoms with E-state index < -0.39 is 67.7 Å². The zero-order valence-corrected chi connectivity index (χ0v) is 41.4. The lowest BCUT2D eigenvalue weighted by Crippen LogP contribution is -2.66. The summed E-state index contributed by atoms with van der Waals surface area (Å²) in [6.07, 6.45) is 5.78. The maximum absolute atomic E-state index is 12.3. The molecule has 9 nitrogen and oxygen atoms in total. The van der Waals surface area contributed by atoms with Crippen LogP contribution in [0.15, 0.2) is 34.0 Å². The highest BCUT2D eigenvalue weighted by Gasteiger charge is 2.53. The molecule has 0 aromatic rings. The molecule has 1 N–H and O–H groups in total. The zero-order valence-electron chi connectivity index (χ0n) is 36.3. The normalized spacial score (nSPS) is 23.7. The maximum Gasteiger partial charge on any atom is 0.306 e. The van der Waals surface area contributed by atoms with Crippen molar-refractivity contribution >= 4 is 53.5 Å². The molecule has 0 aromatic heterocycles. The molecule has 1 aliphatic heterocycles. The van der Waals surface area contributed by atoms with Crippen molar-refractivity contribution in [1.82, 2.24) is 0 Å². The average Bonchev–Trinajstić information content (AvgIpc) is 3.18. The Balaban J connectivity index is 3.76. The van der Waals surface area contributed by atoms with Crippen LogP contribution in [0, 0.1) is 5.92 Å². The van der Waals surface area contributed by atoms with E-state index in [-0.39, 0.29) is 12.5 Å². The number of hydrogen-bond donors (Lipinski definition) is 1. The lowest BCUT2D eigenvalue weighted by atomic mass is 9.99. The molecule has 1 unspecified atom stereocenters. The molecule has 0 aliphatic carbocycles. The summed E-state index contributed by atoms with van der Waals surface area (Å²) in [5.41, 5.74) is 1.14. The summed E-state index contributed by atoms with van der Waals surface area (Å²) in [5.74, 6) is -0.573. The summed E-state index contributed by atoms with van der Waals surface area (Å²) in [5, 5.41) is 10.1. The van der Waals surface area contributed by atoms with E-state index in [0.29, 0.717) is 18.9 Å². The molecule has 0 bridgehead atoms. The first-order valence-corrected chi connectivity index (χ1v) is 29.8. The third kappa shape index (κ3) is 15.5. The van der Waals surface area contributed by atoms with E-state index >= 15 is 0 Å². The number of allylic oxidation sites excluding steroid dienone is 2. The smallest absolute Gasteiger partial charge is 0.306 e. The fourth-order valence-electron chi connectivity index (χ4n) is 7.77. The van der Waals surface area contributed by atoms with Crippen molar-refractivity contribution in [3.63, 3.8) is 0 Å². The predicted octanol–water partition coefficient (Wildman–Crippen LogP) is 11.3. The van der Waals surface area contributed by atoms with Crippen molar-refractivity contribution in [3.8, 4) is 0 Å². The first-order valence-electron chi connectivity index (χ1n) is 20.9. The Hall–Kier alpha value is -0.209. The van der Waals surface area contributed by atoms with Crippen LogP contribution in [0.4, 0.5) is 0 Å². The van der Waals surface area contributed by atoms with Gasteiger partial charge in [0.15, 0.2) is 31.2 Å². The van der Waals surface area contributed by atoms with Crippen LogP contribution in [0.2, 0.25) is 54.4 Å². The molecule has 13 heteroatoms. The van der Waals surface area contributed by atoms with Gasteiger partial charge in [0.05, 0.1) is 25.2 Å². The maximum atomic E-state index is 12.3. The van der Waals surface area contributed by atoms with Crippen molar-refractivity contribution in [3.05, 3.63) is 34.0 Å². The van der Waals surface area contributed by atoms with Gasteiger partial charge in [0.2, 0.25) is 0 Å². The Labute approximate surface area is 347 Å². The summed E-state index contributed by atoms with van der Waals surface area (Å²) in [6.45, 7) is 24.7. The number of carboxylic acid groups (broad SMARTS) is 1. The molecular weight excluding hydrogens is 848 g/mol. The summed E-state index contributed by atoms with van der Waals surface area (Å²) in [6, 6.07) is 8.81. The van der Waals surface area contributed by atoms with Crippen LogP contribution >= 0.6 is 22.6 Å². The van der Waals surface area contributed by atoms with Gasteiger partial charge in [0, 0.05) is 14.2 Å². The van der Waals surface area contributed by atoms with Crippen LogP contribution in [0.3, 0.4) is 0 Å². The number of halogens is 1. The Morgan fingerprint density at radius 2 is 1.30 bits per heavy atom. The minimum Gasteiger partial charge on any atom is -0.481 e. The zero-order chi connectivity index (χ0) is 41.0. The first kappa shape index (κ1) is 51.8. The number of ether oxygens (including phenoxy) is 4. The number of carbonyl (C=O) groups is 1. The second kappa shape index (κ2) is 26.7. The summed E-state index contributed by atoms with van der Waals surface area (Å²) >= 11 is 2.25. The molecule has 0 radical (unpaired) electrons. The standard InChI is InChI=1S/C41H79IO9Si3/c1-14-52(15-2,16-3)47-31-36-38(50-53(17-4,18-5)19-6)39(46-13)40(51-54(20-7,21-8)22-9)41(49-36)48-34(30-37(43)44)26-23-27-35(45-12)33(11)29-32(10)25-24-28-42/h23-24,26,28-29,32,34-36,38-41H,14-22,25,27,30-31H2,1-13H3,(H,43,44)/b26-23+,28-24+,33-29+/t32?,34-,35+,36-,38-,39+,40-,41-/m1/s1. The van der Waals surface area contributed by atoms with Gasteiger partial charge < -0.3 is 37.3 Å². The number of methoxy groups -OCH3 is 2. The van der Waals surface area contributed by atoms with E-state index in [9.17, 15) is 9.90 Å². The number of carboxylic acids is 1. The van der Waals surface area contributed by atoms with E-state index in [1.807, 2.05) is 16.2 Å². The largest absolute Gasteiger partial charge is 0.481 e. The molecule has 1 aliphatic rings. The van der Waals surface area contributed by atoms with Gasteiger partial charge in [0.1, 0.15) is 24.4 Å². The molecule has 54 heavy (non-hydrogen) atoms. The van der Waals surface area contributed by atoms with Gasteiger partial charge >= 0.3 is 5.97 Å². The Bertz CT molecular complexity index is 1100. The van der Waals surface area contributed by atoms with Crippen LogP contribution in [-0.4, -0.2) is 99.8 Å². The Morgan fingerprint density at radius 1 is 0.778 bits per heavy atom. The van der Waals surface area contributed by atoms with E-state index in [1.165, 1.54) is 0 Å². The van der Waals surface area contributed by atoms with E-state index in [1.54, 1.807) is 14.2 Å². The van der Waals surface area contributed by atoms with Crippen molar-refractivity contribution in [2.45, 2.75) is 193 Å². The van der Waals surface area contributed by atoms with Gasteiger partial charge in [-0.1, -0.05) is 116 Å². The lowest BCUT2D eigenvalue weighted by molar-refractivity contribution is -0.304. The molecule has 0 aromatic carbocycles. The molecule has 0 spiro atoms. The van der Waals surface area contributed by atoms with E-state index in [2.05, 4.69) is 111 Å². The topological polar surface area (TPSA) is 102 Å². The Kier molecular flexibility index (Phi) is 25.6. The van der Waals surface area contributed by atoms with Gasteiger partial charge in [-0.15, -0.1) is 0 Å². The molecule has 8 atom stereocenters. The second-order valence-electron chi connectivity index (χ2n) is 15.1. The van der Waals surface area contributed by atoms with Gasteiger partial charge in [-0.2, -0.15) is 0 Å². The molecular formula is C41H79IO9Si3. The van der Waals surface area contributed by atoms with Gasteiger partial charge in [0.25, 0.3) is 0 Å². The predicted molar refractivity (Wildman–Crippen MR) is 239 cm³/mol. The minimum absolute atomic E-state index is 0.136. The molecule has 0 saturated carbocycles. The highest BCUT2D eigenvalue weighted by Crippen LogP contribution is 2.38. The second-order valence-corrected chi connectivity index (χ2v) is 30.0. The highest BCUT2D eigenvalue weighted by molar-refractivity contribution is 14.1. The van der Waals surface area contributed by atoms with Gasteiger partial charge in [-0.25, -0.2) is 0 Å². The average molecular weight is 927 g/mol. The summed E-state index contributed by atoms with van der Waals surface area (Å²) < 4.78 is 49.7. The fourth-order valence-corrected chi connectivity index (χ4v) is 16.4. The van der Waals surface area contributed by atoms with Crippen LogP contribution in [0.25, 0.3) is 0 Å². The molecule has 0 amide bonds. The van der Waals surface area contributed by atoms with Crippen molar-refractivity contribution in [1.29, 1.82) is 0 Å². The molecule has 1 rings (SSSR count). The van der Waals surface area contributed by atoms with Crippen molar-refractivity contribution < 1.29 is 42.1 Å². The van der Waals surface area contributed by atoms with Gasteiger partial charge in [-0.3, -0.25) is 4.79 Å². The third-order valence-electron chi connectivity index (χ3n) is 12.3. The fraction of sp³-hybridized carbons (Fsp3) is 0.829. The molecule has 1 heterocycles. The Morgan fingerprint density at radius 3 is 1.74 bits per heavy atom. The lowest BCUT2D eigenvalue weighted by Gasteiger charge is -2.51. The van der Waals surface area contributed by atoms with Crippen LogP contribution in [0.1, 0.15) is 95.4 Å². The third-order valence-corrected chi connectivity index (χ3v) is 26.7. The van der Waals surface area contributed by atoms with E-state index in [0.717, 1.165) is 66.4 Å². The summed E-state index contributed by atoms with van der Waals surface area (Å²) in [7, 11) is -2.94. The molecule has 1 saturated heterocycles.